The molecule has 2 heterocycles. The van der Waals surface area contributed by atoms with Gasteiger partial charge in [-0.1, -0.05) is 0 Å². The lowest BCUT2D eigenvalue weighted by molar-refractivity contribution is 0.0901. The van der Waals surface area contributed by atoms with Crippen molar-refractivity contribution in [2.24, 2.45) is 0 Å². The van der Waals surface area contributed by atoms with Crippen LogP contribution in [-0.4, -0.2) is 45.9 Å². The van der Waals surface area contributed by atoms with Gasteiger partial charge in [0.1, 0.15) is 0 Å². The van der Waals surface area contributed by atoms with E-state index in [0.29, 0.717) is 11.6 Å². The summed E-state index contributed by atoms with van der Waals surface area (Å²) in [4.78, 5) is 24.1. The molecule has 1 aliphatic heterocycles. The Kier molecular flexibility index (Phi) is 4.81. The van der Waals surface area contributed by atoms with Gasteiger partial charge in [-0.25, -0.2) is 9.97 Å². The largest absolute Gasteiger partial charge is 0.349 e. The molecule has 0 unspecified atom stereocenters. The normalized spacial score (nSPS) is 16.7. The van der Waals surface area contributed by atoms with Crippen molar-refractivity contribution < 1.29 is 4.79 Å². The molecule has 0 radical (unpaired) electrons. The van der Waals surface area contributed by atoms with Crippen LogP contribution in [0.25, 0.3) is 11.0 Å². The van der Waals surface area contributed by atoms with E-state index in [1.807, 2.05) is 32.0 Å². The Bertz CT molecular complexity index is 748. The molecule has 0 saturated carbocycles. The zero-order valence-electron chi connectivity index (χ0n) is 15.0. The molecule has 0 atom stereocenters. The highest BCUT2D eigenvalue weighted by atomic mass is 16.1. The lowest BCUT2D eigenvalue weighted by atomic mass is 10.0. The van der Waals surface area contributed by atoms with E-state index in [9.17, 15) is 4.79 Å². The number of aryl methyl sites for hydroxylation is 2. The predicted molar refractivity (Wildman–Crippen MR) is 96.2 cm³/mol. The molecule has 128 valence electrons. The summed E-state index contributed by atoms with van der Waals surface area (Å²) in [6.45, 7) is 10.4. The number of aromatic nitrogens is 2. The molecule has 1 N–H and O–H groups in total. The fourth-order valence-corrected chi connectivity index (χ4v) is 3.20. The van der Waals surface area contributed by atoms with Gasteiger partial charge in [0.05, 0.1) is 22.4 Å². The first-order valence-corrected chi connectivity index (χ1v) is 8.74. The van der Waals surface area contributed by atoms with Gasteiger partial charge < -0.3 is 10.2 Å². The molecule has 5 nitrogen and oxygen atoms in total. The Labute approximate surface area is 143 Å². The molecule has 0 spiro atoms. The second kappa shape index (κ2) is 6.85. The van der Waals surface area contributed by atoms with Crippen LogP contribution in [0.1, 0.15) is 48.4 Å². The number of fused-ring (bicyclic) bond motifs is 1. The van der Waals surface area contributed by atoms with Gasteiger partial charge in [0.15, 0.2) is 0 Å². The number of piperidine rings is 1. The molecular formula is C19H26N4O. The first kappa shape index (κ1) is 16.8. The van der Waals surface area contributed by atoms with Gasteiger partial charge >= 0.3 is 0 Å². The average molecular weight is 326 g/mol. The van der Waals surface area contributed by atoms with Crippen LogP contribution in [0.4, 0.5) is 0 Å². The number of nitrogens with zero attached hydrogens (tertiary/aromatic N) is 3. The minimum atomic E-state index is -0.0140. The van der Waals surface area contributed by atoms with E-state index in [-0.39, 0.29) is 11.9 Å². The molecule has 0 bridgehead atoms. The number of nitrogens with one attached hydrogen (secondary N) is 1. The van der Waals surface area contributed by atoms with E-state index in [1.54, 1.807) is 0 Å². The molecular weight excluding hydrogens is 300 g/mol. The predicted octanol–water partition coefficient (Wildman–Crippen LogP) is 2.85. The van der Waals surface area contributed by atoms with Crippen LogP contribution in [0, 0.1) is 13.8 Å². The Hall–Kier alpha value is -2.01. The standard InChI is InChI=1S/C19H26N4O/c1-12(2)23-9-7-16(8-10-23)22-19(24)15-5-6-17-18(11-15)21-14(4)13(3)20-17/h5-6,11-12,16H,7-10H2,1-4H3,(H,22,24). The first-order valence-electron chi connectivity index (χ1n) is 8.74. The summed E-state index contributed by atoms with van der Waals surface area (Å²) in [6, 6.07) is 6.39. The van der Waals surface area contributed by atoms with Crippen LogP contribution >= 0.6 is 0 Å². The zero-order chi connectivity index (χ0) is 17.3. The molecule has 5 heteroatoms. The number of carbonyl (C=O) groups is 1. The summed E-state index contributed by atoms with van der Waals surface area (Å²) in [5.74, 6) is -0.0140. The van der Waals surface area contributed by atoms with Crippen LogP contribution in [0.5, 0.6) is 0 Å². The smallest absolute Gasteiger partial charge is 0.251 e. The topological polar surface area (TPSA) is 58.1 Å². The monoisotopic (exact) mass is 326 g/mol. The number of amides is 1. The van der Waals surface area contributed by atoms with Gasteiger partial charge in [0.2, 0.25) is 0 Å². The Morgan fingerprint density at radius 3 is 2.38 bits per heavy atom. The van der Waals surface area contributed by atoms with Gasteiger partial charge in [-0.05, 0) is 58.7 Å². The van der Waals surface area contributed by atoms with Gasteiger partial charge in [0.25, 0.3) is 5.91 Å². The third kappa shape index (κ3) is 3.56. The van der Waals surface area contributed by atoms with Crippen LogP contribution in [0.2, 0.25) is 0 Å². The molecule has 3 rings (SSSR count). The lowest BCUT2D eigenvalue weighted by Gasteiger charge is -2.34. The maximum atomic E-state index is 12.6. The van der Waals surface area contributed by atoms with Crippen molar-refractivity contribution in [3.63, 3.8) is 0 Å². The fourth-order valence-electron chi connectivity index (χ4n) is 3.20. The molecule has 1 aromatic carbocycles. The van der Waals surface area contributed by atoms with E-state index in [2.05, 4.69) is 34.0 Å². The highest BCUT2D eigenvalue weighted by Gasteiger charge is 2.22. The summed E-state index contributed by atoms with van der Waals surface area (Å²) in [6.07, 6.45) is 2.02. The Morgan fingerprint density at radius 2 is 1.75 bits per heavy atom. The molecule has 2 aromatic rings. The maximum absolute atomic E-state index is 12.6. The van der Waals surface area contributed by atoms with Gasteiger partial charge in [-0.3, -0.25) is 4.79 Å². The summed E-state index contributed by atoms with van der Waals surface area (Å²) < 4.78 is 0. The van der Waals surface area contributed by atoms with Crippen molar-refractivity contribution in [1.29, 1.82) is 0 Å². The van der Waals surface area contributed by atoms with Crippen LogP contribution < -0.4 is 5.32 Å². The molecule has 1 aromatic heterocycles. The van der Waals surface area contributed by atoms with E-state index < -0.39 is 0 Å². The molecule has 1 saturated heterocycles. The molecule has 0 aliphatic carbocycles. The van der Waals surface area contributed by atoms with E-state index in [0.717, 1.165) is 48.4 Å². The van der Waals surface area contributed by atoms with E-state index in [1.165, 1.54) is 0 Å². The molecule has 1 aliphatic rings. The molecule has 1 amide bonds. The number of benzene rings is 1. The quantitative estimate of drug-likeness (QED) is 0.942. The van der Waals surface area contributed by atoms with Gasteiger partial charge in [-0.15, -0.1) is 0 Å². The second-order valence-corrected chi connectivity index (χ2v) is 6.98. The zero-order valence-corrected chi connectivity index (χ0v) is 15.0. The van der Waals surface area contributed by atoms with Gasteiger partial charge in [-0.2, -0.15) is 0 Å². The molecule has 24 heavy (non-hydrogen) atoms. The van der Waals surface area contributed by atoms with Crippen LogP contribution in [-0.2, 0) is 0 Å². The van der Waals surface area contributed by atoms with Gasteiger partial charge in [0, 0.05) is 30.7 Å². The summed E-state index contributed by atoms with van der Waals surface area (Å²) in [5, 5.41) is 3.17. The van der Waals surface area contributed by atoms with Crippen molar-refractivity contribution in [2.45, 2.75) is 52.6 Å². The minimum Gasteiger partial charge on any atom is -0.349 e. The highest BCUT2D eigenvalue weighted by molar-refractivity contribution is 5.97. The number of carbonyl (C=O) groups excluding carboxylic acids is 1. The average Bonchev–Trinajstić information content (AvgIpc) is 2.56. The van der Waals surface area contributed by atoms with E-state index >= 15 is 0 Å². The summed E-state index contributed by atoms with van der Waals surface area (Å²) in [5.41, 5.74) is 4.10. The van der Waals surface area contributed by atoms with Crippen LogP contribution in [0.3, 0.4) is 0 Å². The van der Waals surface area contributed by atoms with Crippen molar-refractivity contribution in [1.82, 2.24) is 20.2 Å². The van der Waals surface area contributed by atoms with Crippen molar-refractivity contribution in [2.75, 3.05) is 13.1 Å². The number of rotatable bonds is 3. The van der Waals surface area contributed by atoms with E-state index in [4.69, 9.17) is 0 Å². The minimum absolute atomic E-state index is 0.0140. The highest BCUT2D eigenvalue weighted by Crippen LogP contribution is 2.16. The Morgan fingerprint density at radius 1 is 1.12 bits per heavy atom. The third-order valence-electron chi connectivity index (χ3n) is 4.93. The number of hydrogen-bond acceptors (Lipinski definition) is 4. The number of likely N-dealkylation sites (tertiary alicyclic amines) is 1. The maximum Gasteiger partial charge on any atom is 0.251 e. The fraction of sp³-hybridized carbons (Fsp3) is 0.526. The summed E-state index contributed by atoms with van der Waals surface area (Å²) in [7, 11) is 0. The Balaban J connectivity index is 1.69. The van der Waals surface area contributed by atoms with Crippen molar-refractivity contribution in [3.8, 4) is 0 Å². The van der Waals surface area contributed by atoms with Crippen molar-refractivity contribution in [3.05, 3.63) is 35.2 Å². The lowest BCUT2D eigenvalue weighted by Crippen LogP contribution is -2.46. The number of hydrogen-bond donors (Lipinski definition) is 1. The molecule has 1 fully saturated rings. The third-order valence-corrected chi connectivity index (χ3v) is 4.93. The second-order valence-electron chi connectivity index (χ2n) is 6.98. The van der Waals surface area contributed by atoms with Crippen molar-refractivity contribution >= 4 is 16.9 Å². The van der Waals surface area contributed by atoms with Crippen LogP contribution in [0.15, 0.2) is 18.2 Å². The summed E-state index contributed by atoms with van der Waals surface area (Å²) >= 11 is 0. The SMILES string of the molecule is Cc1nc2ccc(C(=O)NC3CCN(C(C)C)CC3)cc2nc1C. The first-order chi connectivity index (χ1) is 11.4.